The van der Waals surface area contributed by atoms with Gasteiger partial charge in [0.15, 0.2) is 0 Å². The molecule has 0 aromatic heterocycles. The number of hydrogen-bond acceptors (Lipinski definition) is 0. The van der Waals surface area contributed by atoms with Crippen LogP contribution < -0.4 is 0 Å². The molecule has 6 unspecified atom stereocenters. The molecule has 0 amide bonds. The molecular weight excluding hydrogens is 300 g/mol. The first kappa shape index (κ1) is 17.9. The molecule has 0 aromatic carbocycles. The van der Waals surface area contributed by atoms with Gasteiger partial charge in [0, 0.05) is 0 Å². The number of rotatable bonds is 5. The van der Waals surface area contributed by atoms with Gasteiger partial charge >= 0.3 is 0 Å². The quantitative estimate of drug-likeness (QED) is 0.453. The Morgan fingerprint density at radius 2 is 2.00 bits per heavy atom. The van der Waals surface area contributed by atoms with E-state index in [-0.39, 0.29) is 0 Å². The molecule has 4 aliphatic carbocycles. The second kappa shape index (κ2) is 7.24. The maximum Gasteiger partial charge on any atom is -0.0134 e. The van der Waals surface area contributed by atoms with E-state index in [1.165, 1.54) is 64.2 Å². The third kappa shape index (κ3) is 3.06. The third-order valence-electron chi connectivity index (χ3n) is 9.11. The van der Waals surface area contributed by atoms with E-state index >= 15 is 0 Å². The molecule has 25 heavy (non-hydrogen) atoms. The van der Waals surface area contributed by atoms with Crippen molar-refractivity contribution in [1.82, 2.24) is 0 Å². The van der Waals surface area contributed by atoms with Crippen molar-refractivity contribution in [3.63, 3.8) is 0 Å². The summed E-state index contributed by atoms with van der Waals surface area (Å²) in [4.78, 5) is 0. The normalized spacial score (nSPS) is 43.8. The van der Waals surface area contributed by atoms with Crippen molar-refractivity contribution in [3.05, 3.63) is 23.8 Å². The molecule has 0 heterocycles. The summed E-state index contributed by atoms with van der Waals surface area (Å²) in [5.41, 5.74) is 2.47. The molecule has 7 atom stereocenters. The minimum absolute atomic E-state index is 0.665. The minimum atomic E-state index is 0.665. The highest BCUT2D eigenvalue weighted by molar-refractivity contribution is 5.25. The van der Waals surface area contributed by atoms with E-state index in [1.807, 2.05) is 0 Å². The lowest BCUT2D eigenvalue weighted by Crippen LogP contribution is -2.46. The van der Waals surface area contributed by atoms with Crippen LogP contribution >= 0.6 is 0 Å². The lowest BCUT2D eigenvalue weighted by molar-refractivity contribution is -0.0304. The minimum Gasteiger partial charge on any atom is -0.0839 e. The fraction of sp³-hybridized carbons (Fsp3) is 0.840. The van der Waals surface area contributed by atoms with Gasteiger partial charge in [-0.05, 0) is 85.9 Å². The van der Waals surface area contributed by atoms with E-state index in [2.05, 4.69) is 39.0 Å². The maximum atomic E-state index is 2.72. The Morgan fingerprint density at radius 1 is 1.12 bits per heavy atom. The number of unbranched alkanes of at least 4 members (excludes halogenated alkanes) is 2. The lowest BCUT2D eigenvalue weighted by Gasteiger charge is -2.54. The fourth-order valence-corrected chi connectivity index (χ4v) is 7.87. The topological polar surface area (TPSA) is 0 Å². The van der Waals surface area contributed by atoms with Crippen LogP contribution in [-0.2, 0) is 0 Å². The van der Waals surface area contributed by atoms with Crippen molar-refractivity contribution in [1.29, 1.82) is 0 Å². The molecule has 0 spiro atoms. The van der Waals surface area contributed by atoms with Gasteiger partial charge in [-0.15, -0.1) is 0 Å². The van der Waals surface area contributed by atoms with Crippen molar-refractivity contribution in [2.75, 3.05) is 0 Å². The van der Waals surface area contributed by atoms with Crippen LogP contribution in [0.25, 0.3) is 0 Å². The first-order valence-corrected chi connectivity index (χ1v) is 11.5. The average Bonchev–Trinajstić information content (AvgIpc) is 2.99. The van der Waals surface area contributed by atoms with E-state index in [1.54, 1.807) is 12.0 Å². The van der Waals surface area contributed by atoms with Crippen molar-refractivity contribution in [2.24, 2.45) is 40.9 Å². The molecule has 3 saturated carbocycles. The molecule has 0 N–H and O–H groups in total. The standard InChI is InChI=1S/C25H40/c1-4-5-6-9-18(2)23-14-15-24-22-13-12-19-10-7-8-11-20(19)21(22)16-17-25(23,24)3/h7-8,10,18,20-24H,4-6,9,11-17H2,1-3H3/t18?,20-,21?,22?,23?,24?,25?/m1/s1. The molecule has 0 nitrogen and oxygen atoms in total. The van der Waals surface area contributed by atoms with Crippen LogP contribution in [0.5, 0.6) is 0 Å². The van der Waals surface area contributed by atoms with E-state index in [4.69, 9.17) is 0 Å². The summed E-state index contributed by atoms with van der Waals surface area (Å²) < 4.78 is 0. The summed E-state index contributed by atoms with van der Waals surface area (Å²) >= 11 is 0. The van der Waals surface area contributed by atoms with Crippen molar-refractivity contribution >= 4 is 0 Å². The Morgan fingerprint density at radius 3 is 2.84 bits per heavy atom. The van der Waals surface area contributed by atoms with E-state index in [0.29, 0.717) is 5.41 Å². The van der Waals surface area contributed by atoms with Crippen LogP contribution in [0.4, 0.5) is 0 Å². The summed E-state index contributed by atoms with van der Waals surface area (Å²) in [7, 11) is 0. The van der Waals surface area contributed by atoms with E-state index < -0.39 is 0 Å². The fourth-order valence-electron chi connectivity index (χ4n) is 7.87. The van der Waals surface area contributed by atoms with Crippen LogP contribution in [-0.4, -0.2) is 0 Å². The van der Waals surface area contributed by atoms with E-state index in [9.17, 15) is 0 Å². The van der Waals surface area contributed by atoms with Gasteiger partial charge in [0.2, 0.25) is 0 Å². The van der Waals surface area contributed by atoms with Crippen LogP contribution in [0.1, 0.15) is 91.4 Å². The van der Waals surface area contributed by atoms with Crippen LogP contribution in [0.3, 0.4) is 0 Å². The molecule has 0 aliphatic heterocycles. The Balaban J connectivity index is 1.47. The predicted octanol–water partition coefficient (Wildman–Crippen LogP) is 7.56. The van der Waals surface area contributed by atoms with Crippen molar-refractivity contribution < 1.29 is 0 Å². The second-order valence-corrected chi connectivity index (χ2v) is 10.2. The first-order chi connectivity index (χ1) is 12.1. The molecule has 140 valence electrons. The van der Waals surface area contributed by atoms with Crippen LogP contribution in [0, 0.1) is 40.9 Å². The number of hydrogen-bond donors (Lipinski definition) is 0. The highest BCUT2D eigenvalue weighted by Crippen LogP contribution is 2.65. The molecular formula is C25H40. The zero-order valence-electron chi connectivity index (χ0n) is 17.0. The Bertz CT molecular complexity index is 526. The van der Waals surface area contributed by atoms with Crippen LogP contribution in [0.15, 0.2) is 23.8 Å². The van der Waals surface area contributed by atoms with Gasteiger partial charge in [0.1, 0.15) is 0 Å². The van der Waals surface area contributed by atoms with Gasteiger partial charge in [-0.1, -0.05) is 70.3 Å². The Labute approximate surface area is 156 Å². The van der Waals surface area contributed by atoms with Gasteiger partial charge < -0.3 is 0 Å². The van der Waals surface area contributed by atoms with Gasteiger partial charge in [0.05, 0.1) is 0 Å². The zero-order valence-corrected chi connectivity index (χ0v) is 17.0. The van der Waals surface area contributed by atoms with E-state index in [0.717, 1.165) is 35.5 Å². The van der Waals surface area contributed by atoms with Gasteiger partial charge in [-0.2, -0.15) is 0 Å². The summed E-state index contributed by atoms with van der Waals surface area (Å²) in [6.45, 7) is 7.65. The summed E-state index contributed by atoms with van der Waals surface area (Å²) in [6, 6.07) is 0. The van der Waals surface area contributed by atoms with Gasteiger partial charge in [-0.3, -0.25) is 0 Å². The smallest absolute Gasteiger partial charge is 0.0134 e. The second-order valence-electron chi connectivity index (χ2n) is 10.2. The molecule has 4 aliphatic rings. The number of allylic oxidation sites excluding steroid dienone is 4. The molecule has 4 rings (SSSR count). The summed E-state index contributed by atoms with van der Waals surface area (Å²) in [6.07, 6.45) is 23.3. The van der Waals surface area contributed by atoms with Crippen LogP contribution in [0.2, 0.25) is 0 Å². The lowest BCUT2D eigenvalue weighted by atomic mass is 9.51. The predicted molar refractivity (Wildman–Crippen MR) is 108 cm³/mol. The van der Waals surface area contributed by atoms with Crippen molar-refractivity contribution in [3.8, 4) is 0 Å². The zero-order chi connectivity index (χ0) is 17.4. The Hall–Kier alpha value is -0.520. The molecule has 3 fully saturated rings. The largest absolute Gasteiger partial charge is 0.0839 e. The molecule has 0 saturated heterocycles. The molecule has 0 radical (unpaired) electrons. The molecule has 0 bridgehead atoms. The molecule has 0 heteroatoms. The third-order valence-corrected chi connectivity index (χ3v) is 9.11. The van der Waals surface area contributed by atoms with Gasteiger partial charge in [0.25, 0.3) is 0 Å². The molecule has 0 aromatic rings. The van der Waals surface area contributed by atoms with Gasteiger partial charge in [-0.25, -0.2) is 0 Å². The van der Waals surface area contributed by atoms with Crippen molar-refractivity contribution in [2.45, 2.75) is 91.4 Å². The average molecular weight is 341 g/mol. The summed E-state index contributed by atoms with van der Waals surface area (Å²) in [5.74, 6) is 5.97. The highest BCUT2D eigenvalue weighted by atomic mass is 14.6. The maximum absolute atomic E-state index is 2.72. The Kier molecular flexibility index (Phi) is 5.18. The summed E-state index contributed by atoms with van der Waals surface area (Å²) in [5, 5.41) is 0. The monoisotopic (exact) mass is 340 g/mol. The first-order valence-electron chi connectivity index (χ1n) is 11.5. The SMILES string of the molecule is CCCCCC(C)C1CCC2C3CCC4=CC=CC[C@H]4C3CCC12C. The number of fused-ring (bicyclic) bond motifs is 5. The highest BCUT2D eigenvalue weighted by Gasteiger charge is 2.56.